The largest absolute Gasteiger partial charge is 0.471 e. The van der Waals surface area contributed by atoms with Gasteiger partial charge in [0.1, 0.15) is 5.75 Å². The molecule has 0 spiro atoms. The van der Waals surface area contributed by atoms with Gasteiger partial charge in [-0.05, 0) is 50.6 Å². The Kier molecular flexibility index (Phi) is 4.45. The number of ether oxygens (including phenoxy) is 1. The van der Waals surface area contributed by atoms with Gasteiger partial charge in [-0.1, -0.05) is 30.3 Å². The lowest BCUT2D eigenvalue weighted by atomic mass is 10.2. The molecule has 0 aromatic heterocycles. The smallest absolute Gasteiger partial charge is 0.169 e. The second kappa shape index (κ2) is 6.28. The summed E-state index contributed by atoms with van der Waals surface area (Å²) in [5, 5.41) is 0. The minimum absolute atomic E-state index is 0.00852. The van der Waals surface area contributed by atoms with Gasteiger partial charge < -0.3 is 9.64 Å². The van der Waals surface area contributed by atoms with E-state index in [0.717, 1.165) is 12.3 Å². The standard InChI is InChI=1S/C17H21NO/c1-4-18(16-10-6-5-7-11-16)15(3)19-17-12-8-9-14(2)13-17/h5-13,15H,4H2,1-3H3. The fourth-order valence-corrected chi connectivity index (χ4v) is 2.22. The molecule has 2 rings (SSSR count). The highest BCUT2D eigenvalue weighted by Gasteiger charge is 2.13. The molecule has 1 atom stereocenters. The summed E-state index contributed by atoms with van der Waals surface area (Å²) in [6, 6.07) is 18.5. The molecule has 0 aliphatic carbocycles. The first-order valence-corrected chi connectivity index (χ1v) is 6.75. The molecule has 2 aromatic rings. The maximum Gasteiger partial charge on any atom is 0.169 e. The van der Waals surface area contributed by atoms with E-state index in [1.807, 2.05) is 18.2 Å². The molecule has 0 saturated carbocycles. The van der Waals surface area contributed by atoms with Gasteiger partial charge in [-0.15, -0.1) is 0 Å². The maximum atomic E-state index is 6.03. The minimum atomic E-state index is 0.00852. The molecule has 0 bridgehead atoms. The Balaban J connectivity index is 2.11. The van der Waals surface area contributed by atoms with E-state index in [1.165, 1.54) is 11.3 Å². The zero-order chi connectivity index (χ0) is 13.7. The summed E-state index contributed by atoms with van der Waals surface area (Å²) in [6.45, 7) is 7.21. The lowest BCUT2D eigenvalue weighted by molar-refractivity contribution is 0.216. The van der Waals surface area contributed by atoms with Gasteiger partial charge in [0.2, 0.25) is 0 Å². The van der Waals surface area contributed by atoms with E-state index < -0.39 is 0 Å². The van der Waals surface area contributed by atoms with Gasteiger partial charge in [0, 0.05) is 12.2 Å². The van der Waals surface area contributed by atoms with Crippen LogP contribution in [0.2, 0.25) is 0 Å². The minimum Gasteiger partial charge on any atom is -0.471 e. The first kappa shape index (κ1) is 13.5. The van der Waals surface area contributed by atoms with Crippen molar-refractivity contribution in [3.05, 3.63) is 60.2 Å². The number of aryl methyl sites for hydroxylation is 1. The molecule has 0 aliphatic heterocycles. The molecule has 0 saturated heterocycles. The highest BCUT2D eigenvalue weighted by atomic mass is 16.5. The lowest BCUT2D eigenvalue weighted by Gasteiger charge is -2.30. The molecule has 2 aromatic carbocycles. The Hall–Kier alpha value is -1.96. The molecule has 100 valence electrons. The molecule has 2 nitrogen and oxygen atoms in total. The molecule has 2 heteroatoms. The highest BCUT2D eigenvalue weighted by Crippen LogP contribution is 2.20. The zero-order valence-corrected chi connectivity index (χ0v) is 11.8. The van der Waals surface area contributed by atoms with Crippen LogP contribution in [-0.4, -0.2) is 12.8 Å². The van der Waals surface area contributed by atoms with Gasteiger partial charge >= 0.3 is 0 Å². The highest BCUT2D eigenvalue weighted by molar-refractivity contribution is 5.46. The van der Waals surface area contributed by atoms with E-state index in [-0.39, 0.29) is 6.23 Å². The van der Waals surface area contributed by atoms with Gasteiger partial charge in [0.05, 0.1) is 0 Å². The number of benzene rings is 2. The molecule has 0 heterocycles. The van der Waals surface area contributed by atoms with Crippen molar-refractivity contribution < 1.29 is 4.74 Å². The summed E-state index contributed by atoms with van der Waals surface area (Å²) < 4.78 is 6.03. The summed E-state index contributed by atoms with van der Waals surface area (Å²) in [6.07, 6.45) is 0.00852. The van der Waals surface area contributed by atoms with E-state index in [0.29, 0.717) is 0 Å². The number of hydrogen-bond acceptors (Lipinski definition) is 2. The lowest BCUT2D eigenvalue weighted by Crippen LogP contribution is -2.37. The Bertz CT molecular complexity index is 510. The summed E-state index contributed by atoms with van der Waals surface area (Å²) >= 11 is 0. The third kappa shape index (κ3) is 3.50. The third-order valence-corrected chi connectivity index (χ3v) is 3.16. The van der Waals surface area contributed by atoms with Crippen LogP contribution in [0.3, 0.4) is 0 Å². The van der Waals surface area contributed by atoms with Crippen molar-refractivity contribution in [3.8, 4) is 5.75 Å². The van der Waals surface area contributed by atoms with Crippen LogP contribution in [0, 0.1) is 6.92 Å². The van der Waals surface area contributed by atoms with Crippen molar-refractivity contribution in [1.29, 1.82) is 0 Å². The SMILES string of the molecule is CCN(c1ccccc1)C(C)Oc1cccc(C)c1. The van der Waals surface area contributed by atoms with Crippen LogP contribution in [0.1, 0.15) is 19.4 Å². The van der Waals surface area contributed by atoms with Crippen molar-refractivity contribution in [2.45, 2.75) is 27.0 Å². The number of rotatable bonds is 5. The van der Waals surface area contributed by atoms with Crippen molar-refractivity contribution in [1.82, 2.24) is 0 Å². The first-order valence-electron chi connectivity index (χ1n) is 6.75. The molecule has 0 fully saturated rings. The average molecular weight is 255 g/mol. The Morgan fingerprint density at radius 3 is 2.42 bits per heavy atom. The quantitative estimate of drug-likeness (QED) is 0.741. The molecule has 19 heavy (non-hydrogen) atoms. The predicted octanol–water partition coefficient (Wildman–Crippen LogP) is 4.25. The molecular weight excluding hydrogens is 234 g/mol. The number of hydrogen-bond donors (Lipinski definition) is 0. The van der Waals surface area contributed by atoms with Gasteiger partial charge in [-0.3, -0.25) is 0 Å². The molecule has 1 unspecified atom stereocenters. The monoisotopic (exact) mass is 255 g/mol. The van der Waals surface area contributed by atoms with Crippen molar-refractivity contribution in [2.24, 2.45) is 0 Å². The second-order valence-corrected chi connectivity index (χ2v) is 4.66. The van der Waals surface area contributed by atoms with Gasteiger partial charge in [-0.2, -0.15) is 0 Å². The van der Waals surface area contributed by atoms with Gasteiger partial charge in [-0.25, -0.2) is 0 Å². The Morgan fingerprint density at radius 2 is 1.79 bits per heavy atom. The molecule has 0 amide bonds. The van der Waals surface area contributed by atoms with Crippen LogP contribution < -0.4 is 9.64 Å². The Labute approximate surface area is 115 Å². The summed E-state index contributed by atoms with van der Waals surface area (Å²) in [4.78, 5) is 2.24. The van der Waals surface area contributed by atoms with Crippen LogP contribution >= 0.6 is 0 Å². The average Bonchev–Trinajstić information content (AvgIpc) is 2.41. The van der Waals surface area contributed by atoms with Gasteiger partial charge in [0.25, 0.3) is 0 Å². The number of nitrogens with zero attached hydrogens (tertiary/aromatic N) is 1. The van der Waals surface area contributed by atoms with Crippen LogP contribution in [0.25, 0.3) is 0 Å². The fourth-order valence-electron chi connectivity index (χ4n) is 2.22. The van der Waals surface area contributed by atoms with Crippen molar-refractivity contribution in [3.63, 3.8) is 0 Å². The number of para-hydroxylation sites is 1. The van der Waals surface area contributed by atoms with Crippen LogP contribution in [0.5, 0.6) is 5.75 Å². The zero-order valence-electron chi connectivity index (χ0n) is 11.8. The van der Waals surface area contributed by atoms with E-state index in [4.69, 9.17) is 4.74 Å². The molecule has 0 N–H and O–H groups in total. The van der Waals surface area contributed by atoms with Crippen LogP contribution in [0.15, 0.2) is 54.6 Å². The van der Waals surface area contributed by atoms with Gasteiger partial charge in [0.15, 0.2) is 6.23 Å². The Morgan fingerprint density at radius 1 is 1.05 bits per heavy atom. The summed E-state index contributed by atoms with van der Waals surface area (Å²) in [5.41, 5.74) is 2.40. The van der Waals surface area contributed by atoms with Crippen molar-refractivity contribution >= 4 is 5.69 Å². The molecular formula is C17H21NO. The van der Waals surface area contributed by atoms with Crippen molar-refractivity contribution in [2.75, 3.05) is 11.4 Å². The summed E-state index contributed by atoms with van der Waals surface area (Å²) in [7, 11) is 0. The topological polar surface area (TPSA) is 12.5 Å². The van der Waals surface area contributed by atoms with E-state index in [1.54, 1.807) is 0 Å². The molecule has 0 aliphatic rings. The predicted molar refractivity (Wildman–Crippen MR) is 80.7 cm³/mol. The third-order valence-electron chi connectivity index (χ3n) is 3.16. The van der Waals surface area contributed by atoms with Crippen LogP contribution in [0.4, 0.5) is 5.69 Å². The van der Waals surface area contributed by atoms with E-state index in [9.17, 15) is 0 Å². The molecule has 0 radical (unpaired) electrons. The maximum absolute atomic E-state index is 6.03. The number of anilines is 1. The second-order valence-electron chi connectivity index (χ2n) is 4.66. The van der Waals surface area contributed by atoms with Crippen LogP contribution in [-0.2, 0) is 0 Å². The normalized spacial score (nSPS) is 11.9. The fraction of sp³-hybridized carbons (Fsp3) is 0.294. The van der Waals surface area contributed by atoms with E-state index in [2.05, 4.69) is 62.1 Å². The first-order chi connectivity index (χ1) is 9.20. The van der Waals surface area contributed by atoms with E-state index >= 15 is 0 Å². The summed E-state index contributed by atoms with van der Waals surface area (Å²) in [5.74, 6) is 0.918.